The number of amides is 2. The average molecular weight is 437 g/mol. The summed E-state index contributed by atoms with van der Waals surface area (Å²) in [6.07, 6.45) is 1.91. The van der Waals surface area contributed by atoms with E-state index in [1.807, 2.05) is 69.3 Å². The van der Waals surface area contributed by atoms with Crippen molar-refractivity contribution in [3.8, 4) is 0 Å². The summed E-state index contributed by atoms with van der Waals surface area (Å²) >= 11 is 0. The fourth-order valence-electron chi connectivity index (χ4n) is 4.97. The number of hydrogen-bond acceptors (Lipinski definition) is 3. The Kier molecular flexibility index (Phi) is 5.16. The summed E-state index contributed by atoms with van der Waals surface area (Å²) in [5.74, 6) is -0.509. The number of anilines is 2. The van der Waals surface area contributed by atoms with Crippen LogP contribution in [0.15, 0.2) is 66.4 Å². The smallest absolute Gasteiger partial charge is 0.282 e. The number of carbonyl (C=O) groups is 2. The number of benzene rings is 3. The minimum atomic E-state index is -0.256. The molecule has 3 aromatic carbocycles. The molecule has 2 amide bonds. The van der Waals surface area contributed by atoms with Gasteiger partial charge in [-0.15, -0.1) is 0 Å². The topological polar surface area (TPSA) is 40.6 Å². The van der Waals surface area contributed by atoms with Crippen LogP contribution >= 0.6 is 0 Å². The molecular weight excluding hydrogens is 408 g/mol. The van der Waals surface area contributed by atoms with Gasteiger partial charge in [0.2, 0.25) is 0 Å². The fourth-order valence-corrected chi connectivity index (χ4v) is 4.97. The predicted octanol–water partition coefficient (Wildman–Crippen LogP) is 5.66. The van der Waals surface area contributed by atoms with Gasteiger partial charge in [0.05, 0.1) is 11.3 Å². The van der Waals surface area contributed by atoms with E-state index in [9.17, 15) is 9.59 Å². The Morgan fingerprint density at radius 3 is 2.27 bits per heavy atom. The molecule has 4 heteroatoms. The summed E-state index contributed by atoms with van der Waals surface area (Å²) in [6, 6.07) is 20.1. The highest BCUT2D eigenvalue weighted by Crippen LogP contribution is 2.40. The summed E-state index contributed by atoms with van der Waals surface area (Å²) in [6.45, 7) is 8.77. The Balaban J connectivity index is 1.72. The van der Waals surface area contributed by atoms with Crippen molar-refractivity contribution in [3.05, 3.63) is 99.7 Å². The largest absolute Gasteiger partial charge is 0.336 e. The van der Waals surface area contributed by atoms with Gasteiger partial charge in [0.25, 0.3) is 11.8 Å². The number of hydrogen-bond donors (Lipinski definition) is 0. The quantitative estimate of drug-likeness (QED) is 0.498. The van der Waals surface area contributed by atoms with Crippen LogP contribution in [-0.2, 0) is 16.0 Å². The van der Waals surface area contributed by atoms with Gasteiger partial charge in [-0.1, -0.05) is 54.1 Å². The first-order chi connectivity index (χ1) is 15.9. The molecule has 33 heavy (non-hydrogen) atoms. The summed E-state index contributed by atoms with van der Waals surface area (Å²) in [4.78, 5) is 31.4. The van der Waals surface area contributed by atoms with Crippen LogP contribution in [0.3, 0.4) is 0 Å². The standard InChI is InChI=1S/C29H28N2O2/c1-18-11-14-24(21(4)16-18)31-28(32)26(23-13-12-19(2)20(3)17-23)27(29(31)33)30-15-7-9-22-8-5-6-10-25(22)30/h5-6,8,10-14,16-17H,7,9,15H2,1-4H3. The highest BCUT2D eigenvalue weighted by atomic mass is 16.2. The second-order valence-corrected chi connectivity index (χ2v) is 9.14. The van der Waals surface area contributed by atoms with E-state index in [1.54, 1.807) is 0 Å². The van der Waals surface area contributed by atoms with Crippen molar-refractivity contribution >= 4 is 28.8 Å². The zero-order chi connectivity index (χ0) is 23.3. The molecule has 0 saturated carbocycles. The third-order valence-corrected chi connectivity index (χ3v) is 6.83. The number of para-hydroxylation sites is 1. The van der Waals surface area contributed by atoms with Gasteiger partial charge in [0, 0.05) is 12.2 Å². The third-order valence-electron chi connectivity index (χ3n) is 6.83. The van der Waals surface area contributed by atoms with Crippen molar-refractivity contribution in [1.29, 1.82) is 0 Å². The van der Waals surface area contributed by atoms with Crippen LogP contribution in [0, 0.1) is 27.7 Å². The van der Waals surface area contributed by atoms with Gasteiger partial charge in [0.1, 0.15) is 5.70 Å². The van der Waals surface area contributed by atoms with Crippen LogP contribution in [0.2, 0.25) is 0 Å². The Morgan fingerprint density at radius 1 is 0.727 bits per heavy atom. The Bertz CT molecular complexity index is 1340. The molecule has 0 spiro atoms. The normalized spacial score (nSPS) is 16.0. The predicted molar refractivity (Wildman–Crippen MR) is 133 cm³/mol. The van der Waals surface area contributed by atoms with Crippen molar-refractivity contribution in [2.75, 3.05) is 16.3 Å². The molecule has 2 aliphatic heterocycles. The van der Waals surface area contributed by atoms with E-state index < -0.39 is 0 Å². The van der Waals surface area contributed by atoms with E-state index in [0.717, 1.165) is 46.3 Å². The summed E-state index contributed by atoms with van der Waals surface area (Å²) in [5, 5.41) is 0. The van der Waals surface area contributed by atoms with E-state index in [0.29, 0.717) is 23.5 Å². The minimum absolute atomic E-state index is 0.253. The lowest BCUT2D eigenvalue weighted by atomic mass is 9.97. The maximum absolute atomic E-state index is 14.0. The molecule has 0 bridgehead atoms. The zero-order valence-corrected chi connectivity index (χ0v) is 19.6. The molecule has 0 N–H and O–H groups in total. The number of rotatable bonds is 3. The zero-order valence-electron chi connectivity index (χ0n) is 19.6. The van der Waals surface area contributed by atoms with Crippen molar-refractivity contribution in [2.45, 2.75) is 40.5 Å². The highest BCUT2D eigenvalue weighted by Gasteiger charge is 2.44. The first-order valence-electron chi connectivity index (χ1n) is 11.5. The van der Waals surface area contributed by atoms with Gasteiger partial charge in [-0.25, -0.2) is 4.90 Å². The molecule has 0 atom stereocenters. The molecule has 4 nitrogen and oxygen atoms in total. The van der Waals surface area contributed by atoms with Crippen molar-refractivity contribution in [2.24, 2.45) is 0 Å². The van der Waals surface area contributed by atoms with Crippen molar-refractivity contribution in [1.82, 2.24) is 0 Å². The Morgan fingerprint density at radius 2 is 1.52 bits per heavy atom. The SMILES string of the molecule is Cc1ccc(N2C(=O)C(c3ccc(C)c(C)c3)=C(N3CCCc4ccccc43)C2=O)c(C)c1. The Hall–Kier alpha value is -3.66. The number of fused-ring (bicyclic) bond motifs is 1. The summed E-state index contributed by atoms with van der Waals surface area (Å²) in [5.41, 5.74) is 8.91. The maximum atomic E-state index is 14.0. The molecule has 0 radical (unpaired) electrons. The van der Waals surface area contributed by atoms with Crippen LogP contribution in [0.4, 0.5) is 11.4 Å². The molecule has 3 aromatic rings. The van der Waals surface area contributed by atoms with Crippen LogP contribution in [0.5, 0.6) is 0 Å². The van der Waals surface area contributed by atoms with Gasteiger partial charge in [-0.3, -0.25) is 9.59 Å². The van der Waals surface area contributed by atoms with Crippen LogP contribution in [-0.4, -0.2) is 18.4 Å². The van der Waals surface area contributed by atoms with Crippen molar-refractivity contribution in [3.63, 3.8) is 0 Å². The number of aryl methyl sites for hydroxylation is 5. The second-order valence-electron chi connectivity index (χ2n) is 9.14. The summed E-state index contributed by atoms with van der Waals surface area (Å²) in [7, 11) is 0. The molecular formula is C29H28N2O2. The van der Waals surface area contributed by atoms with Gasteiger partial charge in [-0.05, 0) is 80.5 Å². The van der Waals surface area contributed by atoms with Gasteiger partial charge < -0.3 is 4.90 Å². The molecule has 166 valence electrons. The third kappa shape index (κ3) is 3.46. The molecule has 0 saturated heterocycles. The number of carbonyl (C=O) groups excluding carboxylic acids is 2. The second kappa shape index (κ2) is 8.04. The molecule has 0 fully saturated rings. The minimum Gasteiger partial charge on any atom is -0.336 e. The number of nitrogens with zero attached hydrogens (tertiary/aromatic N) is 2. The lowest BCUT2D eigenvalue weighted by Gasteiger charge is -2.32. The average Bonchev–Trinajstić information content (AvgIpc) is 3.05. The van der Waals surface area contributed by atoms with Crippen LogP contribution in [0.1, 0.15) is 39.8 Å². The fraction of sp³-hybridized carbons (Fsp3) is 0.241. The van der Waals surface area contributed by atoms with E-state index in [1.165, 1.54) is 10.5 Å². The lowest BCUT2D eigenvalue weighted by Crippen LogP contribution is -2.37. The van der Waals surface area contributed by atoms with Crippen LogP contribution < -0.4 is 9.80 Å². The van der Waals surface area contributed by atoms with E-state index in [2.05, 4.69) is 24.0 Å². The highest BCUT2D eigenvalue weighted by molar-refractivity contribution is 6.46. The molecule has 0 unspecified atom stereocenters. The van der Waals surface area contributed by atoms with Crippen LogP contribution in [0.25, 0.3) is 5.57 Å². The first-order valence-corrected chi connectivity index (χ1v) is 11.5. The van der Waals surface area contributed by atoms with Gasteiger partial charge in [-0.2, -0.15) is 0 Å². The summed E-state index contributed by atoms with van der Waals surface area (Å²) < 4.78 is 0. The molecule has 2 heterocycles. The monoisotopic (exact) mass is 436 g/mol. The lowest BCUT2D eigenvalue weighted by molar-refractivity contribution is -0.120. The van der Waals surface area contributed by atoms with Crippen molar-refractivity contribution < 1.29 is 9.59 Å². The van der Waals surface area contributed by atoms with Gasteiger partial charge >= 0.3 is 0 Å². The molecule has 0 aromatic heterocycles. The number of imide groups is 1. The van der Waals surface area contributed by atoms with Gasteiger partial charge in [0.15, 0.2) is 0 Å². The Labute approximate surface area is 195 Å². The molecule has 0 aliphatic carbocycles. The maximum Gasteiger partial charge on any atom is 0.282 e. The molecule has 2 aliphatic rings. The first kappa shape index (κ1) is 21.2. The van der Waals surface area contributed by atoms with E-state index in [4.69, 9.17) is 0 Å². The van der Waals surface area contributed by atoms with E-state index in [-0.39, 0.29) is 11.8 Å². The van der Waals surface area contributed by atoms with E-state index >= 15 is 0 Å². The molecule has 5 rings (SSSR count).